The molecular weight excluding hydrogens is 470 g/mol. The molecule has 0 aromatic heterocycles. The molecule has 2 aromatic carbocycles. The summed E-state index contributed by atoms with van der Waals surface area (Å²) in [6.45, 7) is -0.0268. The third kappa shape index (κ3) is 3.59. The molecule has 0 unspecified atom stereocenters. The molecule has 2 amide bonds. The van der Waals surface area contributed by atoms with Crippen molar-refractivity contribution in [2.75, 3.05) is 18.2 Å². The number of rotatable bonds is 3. The second-order valence-corrected chi connectivity index (χ2v) is 9.87. The Morgan fingerprint density at radius 2 is 1.76 bits per heavy atom. The lowest BCUT2D eigenvalue weighted by Crippen LogP contribution is -2.35. The van der Waals surface area contributed by atoms with E-state index < -0.39 is 34.5 Å². The van der Waals surface area contributed by atoms with Crippen molar-refractivity contribution < 1.29 is 27.5 Å². The highest BCUT2D eigenvalue weighted by molar-refractivity contribution is 7.90. The number of hydrogen-bond donors (Lipinski definition) is 0. The zero-order valence-electron chi connectivity index (χ0n) is 17.3. The highest BCUT2D eigenvalue weighted by Crippen LogP contribution is 2.38. The van der Waals surface area contributed by atoms with E-state index in [0.29, 0.717) is 24.5 Å². The molecule has 11 heteroatoms. The van der Waals surface area contributed by atoms with E-state index in [4.69, 9.17) is 16.3 Å². The average Bonchev–Trinajstić information content (AvgIpc) is 2.92. The fourth-order valence-corrected chi connectivity index (χ4v) is 5.71. The van der Waals surface area contributed by atoms with Crippen molar-refractivity contribution in [2.24, 2.45) is 4.40 Å². The van der Waals surface area contributed by atoms with E-state index in [1.165, 1.54) is 18.2 Å². The predicted molar refractivity (Wildman–Crippen MR) is 119 cm³/mol. The van der Waals surface area contributed by atoms with Crippen molar-refractivity contribution in [3.8, 4) is 0 Å². The number of hydrogen-bond acceptors (Lipinski definition) is 7. The van der Waals surface area contributed by atoms with Crippen LogP contribution in [0.5, 0.6) is 0 Å². The van der Waals surface area contributed by atoms with Crippen LogP contribution in [0.1, 0.15) is 56.8 Å². The van der Waals surface area contributed by atoms with Crippen LogP contribution in [-0.2, 0) is 14.8 Å². The zero-order chi connectivity index (χ0) is 23.3. The Bertz CT molecular complexity index is 1320. The molecule has 0 N–H and O–H groups in total. The van der Waals surface area contributed by atoms with Crippen molar-refractivity contribution in [3.05, 3.63) is 58.1 Å². The average molecular weight is 488 g/mol. The summed E-state index contributed by atoms with van der Waals surface area (Å²) in [5.74, 6) is -1.65. The first-order valence-corrected chi connectivity index (χ1v) is 12.2. The molecule has 33 heavy (non-hydrogen) atoms. The minimum Gasteiger partial charge on any atom is -0.440 e. The second-order valence-electron chi connectivity index (χ2n) is 7.89. The Balaban J connectivity index is 1.41. The Morgan fingerprint density at radius 1 is 1.06 bits per heavy atom. The van der Waals surface area contributed by atoms with E-state index >= 15 is 0 Å². The van der Waals surface area contributed by atoms with Gasteiger partial charge in [0.15, 0.2) is 6.73 Å². The van der Waals surface area contributed by atoms with Crippen molar-refractivity contribution in [2.45, 2.75) is 30.6 Å². The van der Waals surface area contributed by atoms with Gasteiger partial charge in [-0.15, -0.1) is 4.40 Å². The minimum atomic E-state index is -4.02. The predicted octanol–water partition coefficient (Wildman–Crippen LogP) is 3.23. The quantitative estimate of drug-likeness (QED) is 0.482. The molecule has 1 saturated heterocycles. The van der Waals surface area contributed by atoms with Gasteiger partial charge in [0.2, 0.25) is 0 Å². The number of carbonyl (C=O) groups excluding carboxylic acids is 3. The van der Waals surface area contributed by atoms with Gasteiger partial charge in [0, 0.05) is 13.0 Å². The molecule has 9 nitrogen and oxygen atoms in total. The smallest absolute Gasteiger partial charge is 0.341 e. The number of ether oxygens (including phenoxy) is 1. The van der Waals surface area contributed by atoms with Crippen molar-refractivity contribution in [1.29, 1.82) is 0 Å². The molecule has 5 rings (SSSR count). The summed E-state index contributed by atoms with van der Waals surface area (Å²) in [6, 6.07) is 8.85. The molecule has 3 heterocycles. The number of fused-ring (bicyclic) bond motifs is 4. The van der Waals surface area contributed by atoms with Crippen LogP contribution in [0.4, 0.5) is 5.69 Å². The van der Waals surface area contributed by atoms with Gasteiger partial charge < -0.3 is 9.64 Å². The number of nitrogens with zero attached hydrogens (tertiary/aromatic N) is 3. The highest BCUT2D eigenvalue weighted by atomic mass is 35.5. The lowest BCUT2D eigenvalue weighted by Gasteiger charge is -2.30. The SMILES string of the molecule is O=C(OCN1C(=O)c2ccccc2C1=O)c1cc2c(cc1Cl)N1CCCCCC1=NS2(=O)=O. The van der Waals surface area contributed by atoms with E-state index in [9.17, 15) is 22.8 Å². The van der Waals surface area contributed by atoms with Crippen LogP contribution in [0.2, 0.25) is 5.02 Å². The standard InChI is InChI=1S/C22H18ClN3O6S/c23-16-11-17-18(33(30,31)24-19-8-2-1-5-9-25(17)19)10-15(16)22(29)32-12-26-20(27)13-6-3-4-7-14(13)21(26)28/h3-4,6-7,10-11H,1-2,5,8-9,12H2. The number of imide groups is 1. The largest absolute Gasteiger partial charge is 0.440 e. The van der Waals surface area contributed by atoms with Crippen LogP contribution < -0.4 is 4.90 Å². The molecule has 170 valence electrons. The lowest BCUT2D eigenvalue weighted by atomic mass is 10.1. The summed E-state index contributed by atoms with van der Waals surface area (Å²) < 4.78 is 34.7. The maximum absolute atomic E-state index is 12.8. The van der Waals surface area contributed by atoms with Crippen molar-refractivity contribution >= 4 is 50.9 Å². The van der Waals surface area contributed by atoms with Gasteiger partial charge in [-0.1, -0.05) is 30.2 Å². The van der Waals surface area contributed by atoms with Crippen LogP contribution in [-0.4, -0.2) is 50.2 Å². The zero-order valence-corrected chi connectivity index (χ0v) is 18.9. The number of anilines is 1. The maximum Gasteiger partial charge on any atom is 0.341 e. The molecule has 0 saturated carbocycles. The molecule has 3 aliphatic rings. The van der Waals surface area contributed by atoms with Crippen molar-refractivity contribution in [1.82, 2.24) is 4.90 Å². The number of carbonyl (C=O) groups is 3. The molecule has 3 aliphatic heterocycles. The lowest BCUT2D eigenvalue weighted by molar-refractivity contribution is 0.0228. The maximum atomic E-state index is 12.8. The number of esters is 1. The summed E-state index contributed by atoms with van der Waals surface area (Å²) in [5, 5.41) is 0.00167. The first kappa shape index (κ1) is 21.6. The van der Waals surface area contributed by atoms with Crippen LogP contribution >= 0.6 is 11.6 Å². The highest BCUT2D eigenvalue weighted by Gasteiger charge is 2.37. The Kier molecular flexibility index (Phi) is 5.21. The normalized spacial score (nSPS) is 18.8. The van der Waals surface area contributed by atoms with Gasteiger partial charge in [0.05, 0.1) is 27.4 Å². The second kappa shape index (κ2) is 7.96. The van der Waals surface area contributed by atoms with Crippen LogP contribution in [0.15, 0.2) is 45.7 Å². The van der Waals surface area contributed by atoms with Gasteiger partial charge in [-0.25, -0.2) is 9.69 Å². The van der Waals surface area contributed by atoms with Gasteiger partial charge in [-0.3, -0.25) is 9.59 Å². The fourth-order valence-electron chi connectivity index (χ4n) is 4.21. The third-order valence-corrected chi connectivity index (χ3v) is 7.51. The van der Waals surface area contributed by atoms with Gasteiger partial charge in [0.25, 0.3) is 21.8 Å². The van der Waals surface area contributed by atoms with E-state index in [1.807, 2.05) is 4.90 Å². The Labute approximate surface area is 194 Å². The first-order valence-electron chi connectivity index (χ1n) is 10.4. The first-order chi connectivity index (χ1) is 15.8. The number of halogens is 1. The number of sulfonamides is 1. The molecule has 1 fully saturated rings. The summed E-state index contributed by atoms with van der Waals surface area (Å²) in [4.78, 5) is 40.1. The molecular formula is C22H18ClN3O6S. The van der Waals surface area contributed by atoms with Gasteiger partial charge in [-0.2, -0.15) is 8.42 Å². The van der Waals surface area contributed by atoms with Gasteiger partial charge in [-0.05, 0) is 37.1 Å². The molecule has 0 bridgehead atoms. The monoisotopic (exact) mass is 487 g/mol. The van der Waals surface area contributed by atoms with Gasteiger partial charge >= 0.3 is 5.97 Å². The molecule has 0 aliphatic carbocycles. The molecule has 2 aromatic rings. The Hall–Kier alpha value is -3.24. The van der Waals surface area contributed by atoms with E-state index in [0.717, 1.165) is 30.2 Å². The number of amides is 2. The number of benzene rings is 2. The van der Waals surface area contributed by atoms with Crippen LogP contribution in [0.25, 0.3) is 0 Å². The molecule has 0 radical (unpaired) electrons. The van der Waals surface area contributed by atoms with E-state index in [1.54, 1.807) is 12.1 Å². The summed E-state index contributed by atoms with van der Waals surface area (Å²) in [5.41, 5.74) is 0.637. The Morgan fingerprint density at radius 3 is 2.45 bits per heavy atom. The topological polar surface area (TPSA) is 113 Å². The van der Waals surface area contributed by atoms with Gasteiger partial charge in [0.1, 0.15) is 10.7 Å². The van der Waals surface area contributed by atoms with E-state index in [2.05, 4.69) is 4.40 Å². The fraction of sp³-hybridized carbons (Fsp3) is 0.273. The summed E-state index contributed by atoms with van der Waals surface area (Å²) >= 11 is 6.34. The number of amidine groups is 1. The summed E-state index contributed by atoms with van der Waals surface area (Å²) in [6.07, 6.45) is 3.22. The summed E-state index contributed by atoms with van der Waals surface area (Å²) in [7, 11) is -4.02. The van der Waals surface area contributed by atoms with E-state index in [-0.39, 0.29) is 26.6 Å². The minimum absolute atomic E-state index is 0.00167. The van der Waals surface area contributed by atoms with Crippen molar-refractivity contribution in [3.63, 3.8) is 0 Å². The molecule has 0 spiro atoms. The van der Waals surface area contributed by atoms with Crippen LogP contribution in [0.3, 0.4) is 0 Å². The van der Waals surface area contributed by atoms with Crippen LogP contribution in [0, 0.1) is 0 Å². The molecule has 0 atom stereocenters. The third-order valence-electron chi connectivity index (χ3n) is 5.86.